The molecule has 1 fully saturated rings. The monoisotopic (exact) mass is 306 g/mol. The second-order valence-electron chi connectivity index (χ2n) is 3.59. The predicted molar refractivity (Wildman–Crippen MR) is 63.7 cm³/mol. The van der Waals surface area contributed by atoms with Crippen LogP contribution in [0.5, 0.6) is 0 Å². The van der Waals surface area contributed by atoms with E-state index in [9.17, 15) is 0 Å². The topological polar surface area (TPSA) is 28.4 Å². The van der Waals surface area contributed by atoms with E-state index in [1.807, 2.05) is 12.1 Å². The van der Waals surface area contributed by atoms with Gasteiger partial charge in [-0.2, -0.15) is 0 Å². The minimum absolute atomic E-state index is 0.809. The van der Waals surface area contributed by atoms with Crippen molar-refractivity contribution >= 4 is 22.6 Å². The summed E-state index contributed by atoms with van der Waals surface area (Å²) in [6.07, 6.45) is 3.99. The lowest BCUT2D eigenvalue weighted by molar-refractivity contribution is 0.146. The predicted octanol–water partition coefficient (Wildman–Crippen LogP) is 2.37. The quantitative estimate of drug-likeness (QED) is 0.869. The molecule has 0 aromatic carbocycles. The van der Waals surface area contributed by atoms with Crippen LogP contribution in [0.4, 0.5) is 0 Å². The summed E-state index contributed by atoms with van der Waals surface area (Å²) in [5.41, 5.74) is 3.39. The van der Waals surface area contributed by atoms with Gasteiger partial charge in [0.1, 0.15) is 5.76 Å². The molecule has 0 spiro atoms. The van der Waals surface area contributed by atoms with Gasteiger partial charge >= 0.3 is 0 Å². The third-order valence-electron chi connectivity index (χ3n) is 2.46. The number of hydrogen-bond acceptors (Lipinski definition) is 3. The average molecular weight is 306 g/mol. The third kappa shape index (κ3) is 2.96. The van der Waals surface area contributed by atoms with Crippen molar-refractivity contribution < 1.29 is 4.42 Å². The van der Waals surface area contributed by atoms with Gasteiger partial charge < -0.3 is 4.42 Å². The van der Waals surface area contributed by atoms with E-state index in [2.05, 4.69) is 33.0 Å². The third-order valence-corrected chi connectivity index (χ3v) is 3.04. The normalized spacial score (nSPS) is 18.6. The van der Waals surface area contributed by atoms with E-state index >= 15 is 0 Å². The Bertz CT molecular complexity index is 281. The molecule has 0 bridgehead atoms. The highest BCUT2D eigenvalue weighted by molar-refractivity contribution is 14.1. The van der Waals surface area contributed by atoms with E-state index in [0.29, 0.717) is 0 Å². The van der Waals surface area contributed by atoms with Crippen molar-refractivity contribution in [1.82, 2.24) is 10.4 Å². The van der Waals surface area contributed by atoms with Crippen LogP contribution in [0.3, 0.4) is 0 Å². The van der Waals surface area contributed by atoms with Gasteiger partial charge in [-0.3, -0.25) is 0 Å². The highest BCUT2D eigenvalue weighted by Crippen LogP contribution is 2.11. The standard InChI is InChI=1S/C10H15IN2O/c11-10-5-4-9(14-10)8-12-13-6-2-1-3-7-13/h4-5,12H,1-3,6-8H2. The SMILES string of the molecule is Ic1ccc(CNN2CCCCC2)o1. The summed E-state index contributed by atoms with van der Waals surface area (Å²) in [6, 6.07) is 4.02. The van der Waals surface area contributed by atoms with Crippen LogP contribution in [0.25, 0.3) is 0 Å². The number of rotatable bonds is 3. The maximum Gasteiger partial charge on any atom is 0.164 e. The molecule has 1 aliphatic heterocycles. The first-order valence-corrected chi connectivity index (χ1v) is 6.15. The van der Waals surface area contributed by atoms with Crippen LogP contribution in [0.2, 0.25) is 0 Å². The Balaban J connectivity index is 1.76. The maximum atomic E-state index is 5.47. The van der Waals surface area contributed by atoms with Gasteiger partial charge in [-0.05, 0) is 47.6 Å². The molecule has 14 heavy (non-hydrogen) atoms. The molecule has 0 aliphatic carbocycles. The lowest BCUT2D eigenvalue weighted by Gasteiger charge is -2.26. The van der Waals surface area contributed by atoms with Crippen molar-refractivity contribution in [2.45, 2.75) is 25.8 Å². The number of piperidine rings is 1. The molecule has 1 aliphatic rings. The van der Waals surface area contributed by atoms with Crippen molar-refractivity contribution in [3.8, 4) is 0 Å². The van der Waals surface area contributed by atoms with Crippen molar-refractivity contribution in [3.05, 3.63) is 21.7 Å². The van der Waals surface area contributed by atoms with Crippen molar-refractivity contribution in [2.24, 2.45) is 0 Å². The highest BCUT2D eigenvalue weighted by atomic mass is 127. The molecule has 78 valence electrons. The molecular weight excluding hydrogens is 291 g/mol. The Morgan fingerprint density at radius 2 is 2.07 bits per heavy atom. The summed E-state index contributed by atoms with van der Waals surface area (Å²) in [5, 5.41) is 2.29. The summed E-state index contributed by atoms with van der Waals surface area (Å²) in [6.45, 7) is 3.14. The van der Waals surface area contributed by atoms with Crippen molar-refractivity contribution in [2.75, 3.05) is 13.1 Å². The Labute approximate surface area is 98.0 Å². The summed E-state index contributed by atoms with van der Waals surface area (Å²) in [4.78, 5) is 0. The van der Waals surface area contributed by atoms with Gasteiger partial charge in [-0.25, -0.2) is 10.4 Å². The molecule has 1 aromatic rings. The number of furan rings is 1. The summed E-state index contributed by atoms with van der Waals surface area (Å²) < 4.78 is 6.43. The first kappa shape index (κ1) is 10.4. The van der Waals surface area contributed by atoms with Gasteiger partial charge in [-0.15, -0.1) is 0 Å². The maximum absolute atomic E-state index is 5.47. The van der Waals surface area contributed by atoms with E-state index < -0.39 is 0 Å². The van der Waals surface area contributed by atoms with E-state index in [1.165, 1.54) is 19.3 Å². The molecule has 1 N–H and O–H groups in total. The molecule has 4 heteroatoms. The molecular formula is C10H15IN2O. The van der Waals surface area contributed by atoms with Crippen LogP contribution in [0.1, 0.15) is 25.0 Å². The molecule has 3 nitrogen and oxygen atoms in total. The average Bonchev–Trinajstić information content (AvgIpc) is 2.63. The molecule has 0 amide bonds. The fourth-order valence-electron chi connectivity index (χ4n) is 1.69. The van der Waals surface area contributed by atoms with E-state index in [1.54, 1.807) is 0 Å². The second kappa shape index (κ2) is 5.14. The van der Waals surface area contributed by atoms with Crippen LogP contribution in [0, 0.1) is 3.77 Å². The van der Waals surface area contributed by atoms with Crippen LogP contribution in [-0.4, -0.2) is 18.1 Å². The number of hydrogen-bond donors (Lipinski definition) is 1. The molecule has 0 saturated carbocycles. The number of nitrogens with zero attached hydrogens (tertiary/aromatic N) is 1. The summed E-state index contributed by atoms with van der Waals surface area (Å²) >= 11 is 2.19. The van der Waals surface area contributed by atoms with Crippen LogP contribution >= 0.6 is 22.6 Å². The summed E-state index contributed by atoms with van der Waals surface area (Å²) in [7, 11) is 0. The van der Waals surface area contributed by atoms with E-state index in [-0.39, 0.29) is 0 Å². The lowest BCUT2D eigenvalue weighted by Crippen LogP contribution is -2.41. The number of halogens is 1. The zero-order chi connectivity index (χ0) is 9.80. The first-order valence-electron chi connectivity index (χ1n) is 5.07. The van der Waals surface area contributed by atoms with Crippen LogP contribution in [-0.2, 0) is 6.54 Å². The first-order chi connectivity index (χ1) is 6.84. The van der Waals surface area contributed by atoms with Crippen molar-refractivity contribution in [3.63, 3.8) is 0 Å². The van der Waals surface area contributed by atoms with E-state index in [4.69, 9.17) is 4.42 Å². The fraction of sp³-hybridized carbons (Fsp3) is 0.600. The number of nitrogens with one attached hydrogen (secondary N) is 1. The van der Waals surface area contributed by atoms with Gasteiger partial charge in [0.25, 0.3) is 0 Å². The molecule has 2 rings (SSSR count). The van der Waals surface area contributed by atoms with E-state index in [0.717, 1.165) is 29.2 Å². The molecule has 0 unspecified atom stereocenters. The Kier molecular flexibility index (Phi) is 3.83. The van der Waals surface area contributed by atoms with Gasteiger partial charge in [-0.1, -0.05) is 6.42 Å². The largest absolute Gasteiger partial charge is 0.454 e. The molecule has 1 saturated heterocycles. The summed E-state index contributed by atoms with van der Waals surface area (Å²) in [5.74, 6) is 1.01. The Hall–Kier alpha value is -0.0700. The molecule has 2 heterocycles. The molecule has 0 atom stereocenters. The van der Waals surface area contributed by atoms with Gasteiger partial charge in [0.05, 0.1) is 6.54 Å². The Morgan fingerprint density at radius 3 is 2.71 bits per heavy atom. The minimum atomic E-state index is 0.809. The zero-order valence-corrected chi connectivity index (χ0v) is 10.3. The van der Waals surface area contributed by atoms with Crippen molar-refractivity contribution in [1.29, 1.82) is 0 Å². The molecule has 1 aromatic heterocycles. The van der Waals surface area contributed by atoms with Gasteiger partial charge in [0.15, 0.2) is 3.77 Å². The fourth-order valence-corrected chi connectivity index (χ4v) is 2.15. The lowest BCUT2D eigenvalue weighted by atomic mass is 10.2. The van der Waals surface area contributed by atoms with Crippen LogP contribution in [0.15, 0.2) is 16.5 Å². The second-order valence-corrected chi connectivity index (χ2v) is 4.65. The highest BCUT2D eigenvalue weighted by Gasteiger charge is 2.09. The smallest absolute Gasteiger partial charge is 0.164 e. The number of hydrazine groups is 1. The zero-order valence-electron chi connectivity index (χ0n) is 8.13. The van der Waals surface area contributed by atoms with Gasteiger partial charge in [0, 0.05) is 13.1 Å². The van der Waals surface area contributed by atoms with Gasteiger partial charge in [0.2, 0.25) is 0 Å². The molecule has 0 radical (unpaired) electrons. The Morgan fingerprint density at radius 1 is 1.29 bits per heavy atom. The van der Waals surface area contributed by atoms with Crippen LogP contribution < -0.4 is 5.43 Å². The minimum Gasteiger partial charge on any atom is -0.454 e.